The topological polar surface area (TPSA) is 92.2 Å². The standard InChI is InChI=1S/C27H33N3O5/c1-18(2)35-22-8-7-20(16-19(22)3)25(31)23-24(21-6-4-9-28-17-21)30(27(33)26(23)32)11-5-10-29-12-14-34-15-13-29/h4,6-9,16-18,24,31H,5,10-15H2,1-3H3/t24-/m0/s1. The largest absolute Gasteiger partial charge is 0.507 e. The lowest BCUT2D eigenvalue weighted by atomic mass is 9.95. The van der Waals surface area contributed by atoms with E-state index in [4.69, 9.17) is 9.47 Å². The highest BCUT2D eigenvalue weighted by Gasteiger charge is 2.46. The summed E-state index contributed by atoms with van der Waals surface area (Å²) in [5, 5.41) is 11.3. The Hall–Kier alpha value is -3.23. The molecule has 0 spiro atoms. The number of rotatable bonds is 8. The first-order valence-corrected chi connectivity index (χ1v) is 12.1. The number of ketones is 1. The number of carbonyl (C=O) groups excluding carboxylic acids is 2. The van der Waals surface area contributed by atoms with Crippen LogP contribution in [0, 0.1) is 6.92 Å². The van der Waals surface area contributed by atoms with Gasteiger partial charge in [0.2, 0.25) is 0 Å². The van der Waals surface area contributed by atoms with Crippen LogP contribution in [0.2, 0.25) is 0 Å². The number of morpholine rings is 1. The van der Waals surface area contributed by atoms with E-state index in [9.17, 15) is 14.7 Å². The van der Waals surface area contributed by atoms with Crippen molar-refractivity contribution >= 4 is 17.4 Å². The Morgan fingerprint density at radius 2 is 1.97 bits per heavy atom. The molecule has 1 atom stereocenters. The molecule has 0 unspecified atom stereocenters. The fourth-order valence-corrected chi connectivity index (χ4v) is 4.62. The number of aliphatic hydroxyl groups excluding tert-OH is 1. The Balaban J connectivity index is 1.65. The van der Waals surface area contributed by atoms with Gasteiger partial charge in [-0.25, -0.2) is 0 Å². The van der Waals surface area contributed by atoms with E-state index in [2.05, 4.69) is 9.88 Å². The van der Waals surface area contributed by atoms with Gasteiger partial charge in [-0.15, -0.1) is 0 Å². The molecule has 0 radical (unpaired) electrons. The number of aryl methyl sites for hydroxylation is 1. The van der Waals surface area contributed by atoms with Gasteiger partial charge in [0.15, 0.2) is 0 Å². The summed E-state index contributed by atoms with van der Waals surface area (Å²) in [7, 11) is 0. The number of Topliss-reactive ketones (excluding diaryl/α,β-unsaturated/α-hetero) is 1. The first-order valence-electron chi connectivity index (χ1n) is 12.1. The van der Waals surface area contributed by atoms with Crippen LogP contribution in [0.1, 0.15) is 43.0 Å². The van der Waals surface area contributed by atoms with Crippen LogP contribution in [0.15, 0.2) is 48.3 Å². The van der Waals surface area contributed by atoms with Crippen molar-refractivity contribution in [3.63, 3.8) is 0 Å². The lowest BCUT2D eigenvalue weighted by molar-refractivity contribution is -0.140. The molecule has 1 aromatic carbocycles. The van der Waals surface area contributed by atoms with E-state index in [1.54, 1.807) is 41.6 Å². The summed E-state index contributed by atoms with van der Waals surface area (Å²) < 4.78 is 11.2. The second kappa shape index (κ2) is 11.0. The summed E-state index contributed by atoms with van der Waals surface area (Å²) in [5.41, 5.74) is 2.08. The summed E-state index contributed by atoms with van der Waals surface area (Å²) in [4.78, 5) is 34.4. The molecule has 1 aromatic heterocycles. The highest BCUT2D eigenvalue weighted by atomic mass is 16.5. The Bertz CT molecular complexity index is 1090. The van der Waals surface area contributed by atoms with Crippen molar-refractivity contribution in [1.82, 2.24) is 14.8 Å². The van der Waals surface area contributed by atoms with E-state index in [-0.39, 0.29) is 17.4 Å². The van der Waals surface area contributed by atoms with Gasteiger partial charge in [0.05, 0.1) is 30.9 Å². The third kappa shape index (κ3) is 5.55. The summed E-state index contributed by atoms with van der Waals surface area (Å²) in [5.74, 6) is -0.752. The normalized spacial score (nSPS) is 20.6. The molecule has 2 saturated heterocycles. The molecule has 8 nitrogen and oxygen atoms in total. The monoisotopic (exact) mass is 479 g/mol. The molecule has 2 fully saturated rings. The third-order valence-corrected chi connectivity index (χ3v) is 6.33. The average Bonchev–Trinajstić information content (AvgIpc) is 3.11. The van der Waals surface area contributed by atoms with Crippen LogP contribution in [0.5, 0.6) is 5.75 Å². The summed E-state index contributed by atoms with van der Waals surface area (Å²) in [6.45, 7) is 10.1. The number of pyridine rings is 1. The van der Waals surface area contributed by atoms with Gasteiger partial charge in [-0.05, 0) is 62.6 Å². The van der Waals surface area contributed by atoms with Gasteiger partial charge in [-0.1, -0.05) is 6.07 Å². The summed E-state index contributed by atoms with van der Waals surface area (Å²) in [6.07, 6.45) is 4.01. The highest BCUT2D eigenvalue weighted by molar-refractivity contribution is 6.46. The van der Waals surface area contributed by atoms with Crippen molar-refractivity contribution in [3.05, 3.63) is 65.0 Å². The Morgan fingerprint density at radius 1 is 1.20 bits per heavy atom. The zero-order chi connectivity index (χ0) is 24.9. The summed E-state index contributed by atoms with van der Waals surface area (Å²) in [6, 6.07) is 8.18. The molecule has 0 bridgehead atoms. The predicted octanol–water partition coefficient (Wildman–Crippen LogP) is 3.32. The van der Waals surface area contributed by atoms with Crippen LogP contribution < -0.4 is 4.74 Å². The van der Waals surface area contributed by atoms with Gasteiger partial charge >= 0.3 is 0 Å². The van der Waals surface area contributed by atoms with Crippen molar-refractivity contribution < 1.29 is 24.2 Å². The molecule has 35 heavy (non-hydrogen) atoms. The lowest BCUT2D eigenvalue weighted by Gasteiger charge is -2.29. The Kier molecular flexibility index (Phi) is 7.83. The first kappa shape index (κ1) is 24.9. The van der Waals surface area contributed by atoms with Crippen LogP contribution in [-0.4, -0.2) is 77.1 Å². The molecule has 3 heterocycles. The number of aromatic nitrogens is 1. The third-order valence-electron chi connectivity index (χ3n) is 6.33. The van der Waals surface area contributed by atoms with Gasteiger partial charge in [0, 0.05) is 44.1 Å². The van der Waals surface area contributed by atoms with Crippen LogP contribution >= 0.6 is 0 Å². The maximum Gasteiger partial charge on any atom is 0.295 e. The second-order valence-corrected chi connectivity index (χ2v) is 9.23. The van der Waals surface area contributed by atoms with Crippen molar-refractivity contribution in [2.75, 3.05) is 39.4 Å². The molecule has 1 amide bonds. The minimum Gasteiger partial charge on any atom is -0.507 e. The SMILES string of the molecule is Cc1cc(C(O)=C2C(=O)C(=O)N(CCCN3CCOCC3)[C@H]2c2cccnc2)ccc1OC(C)C. The second-order valence-electron chi connectivity index (χ2n) is 9.23. The molecular weight excluding hydrogens is 446 g/mol. The number of benzene rings is 1. The molecule has 186 valence electrons. The van der Waals surface area contributed by atoms with Crippen LogP contribution in [0.4, 0.5) is 0 Å². The summed E-state index contributed by atoms with van der Waals surface area (Å²) >= 11 is 0. The van der Waals surface area contributed by atoms with Crippen molar-refractivity contribution in [2.45, 2.75) is 39.3 Å². The van der Waals surface area contributed by atoms with Gasteiger partial charge in [-0.2, -0.15) is 0 Å². The fraction of sp³-hybridized carbons (Fsp3) is 0.444. The maximum atomic E-state index is 13.2. The zero-order valence-corrected chi connectivity index (χ0v) is 20.6. The maximum absolute atomic E-state index is 13.2. The molecule has 2 aromatic rings. The van der Waals surface area contributed by atoms with Gasteiger partial charge < -0.3 is 19.5 Å². The number of aliphatic hydroxyl groups is 1. The zero-order valence-electron chi connectivity index (χ0n) is 20.6. The first-order chi connectivity index (χ1) is 16.9. The molecule has 1 N–H and O–H groups in total. The van der Waals surface area contributed by atoms with Gasteiger partial charge in [-0.3, -0.25) is 19.5 Å². The highest BCUT2D eigenvalue weighted by Crippen LogP contribution is 2.39. The smallest absolute Gasteiger partial charge is 0.295 e. The van der Waals surface area contributed by atoms with E-state index in [0.29, 0.717) is 43.1 Å². The molecule has 0 aliphatic carbocycles. The Morgan fingerprint density at radius 3 is 2.63 bits per heavy atom. The molecule has 2 aliphatic rings. The molecular formula is C27H33N3O5. The van der Waals surface area contributed by atoms with Crippen molar-refractivity contribution in [2.24, 2.45) is 0 Å². The number of likely N-dealkylation sites (tertiary alicyclic amines) is 1. The van der Waals surface area contributed by atoms with Crippen LogP contribution in [0.3, 0.4) is 0 Å². The van der Waals surface area contributed by atoms with E-state index in [0.717, 1.165) is 25.2 Å². The quantitative estimate of drug-likeness (QED) is 0.353. The molecule has 0 saturated carbocycles. The van der Waals surface area contributed by atoms with Crippen LogP contribution in [-0.2, 0) is 14.3 Å². The molecule has 4 rings (SSSR count). The number of amides is 1. The number of nitrogens with zero attached hydrogens (tertiary/aromatic N) is 3. The lowest BCUT2D eigenvalue weighted by Crippen LogP contribution is -2.39. The van der Waals surface area contributed by atoms with Gasteiger partial charge in [0.1, 0.15) is 11.5 Å². The van der Waals surface area contributed by atoms with Crippen molar-refractivity contribution in [1.29, 1.82) is 0 Å². The van der Waals surface area contributed by atoms with Gasteiger partial charge in [0.25, 0.3) is 11.7 Å². The van der Waals surface area contributed by atoms with Crippen LogP contribution in [0.25, 0.3) is 5.76 Å². The van der Waals surface area contributed by atoms with E-state index in [1.807, 2.05) is 26.8 Å². The van der Waals surface area contributed by atoms with E-state index >= 15 is 0 Å². The molecule has 2 aliphatic heterocycles. The number of hydrogen-bond acceptors (Lipinski definition) is 7. The number of ether oxygens (including phenoxy) is 2. The predicted molar refractivity (Wildman–Crippen MR) is 132 cm³/mol. The molecule has 8 heteroatoms. The van der Waals surface area contributed by atoms with E-state index < -0.39 is 17.7 Å². The van der Waals surface area contributed by atoms with Crippen molar-refractivity contribution in [3.8, 4) is 5.75 Å². The minimum absolute atomic E-state index is 0.0153. The minimum atomic E-state index is -0.694. The number of hydrogen-bond donors (Lipinski definition) is 1. The fourth-order valence-electron chi connectivity index (χ4n) is 4.62. The average molecular weight is 480 g/mol. The van der Waals surface area contributed by atoms with E-state index in [1.165, 1.54) is 0 Å². The number of carbonyl (C=O) groups is 2. The Labute approximate surface area is 206 Å².